The van der Waals surface area contributed by atoms with Gasteiger partial charge in [0.1, 0.15) is 34.4 Å². The second-order valence-electron chi connectivity index (χ2n) is 19.9. The number of piperazine rings is 1. The molecule has 23 heteroatoms. The van der Waals surface area contributed by atoms with Gasteiger partial charge in [0, 0.05) is 77.3 Å². The maximum Gasteiger partial charge on any atom is 0.267 e. The minimum atomic E-state index is -0.934. The molecule has 8 rings (SSSR count). The Morgan fingerprint density at radius 2 is 1.72 bits per heavy atom. The van der Waals surface area contributed by atoms with Crippen LogP contribution in [-0.2, 0) is 38.7 Å². The maximum atomic E-state index is 14.1. The number of carbonyl (C=O) groups is 5. The summed E-state index contributed by atoms with van der Waals surface area (Å²) in [5.74, 6) is 0.475. The topological polar surface area (TPSA) is 246 Å². The summed E-state index contributed by atoms with van der Waals surface area (Å²) < 4.78 is 1.67. The van der Waals surface area contributed by atoms with Crippen LogP contribution in [0.3, 0.4) is 0 Å². The van der Waals surface area contributed by atoms with Crippen LogP contribution in [0.4, 0.5) is 22.5 Å². The number of para-hydroxylation sites is 1. The largest absolute Gasteiger partial charge is 0.391 e. The van der Waals surface area contributed by atoms with E-state index in [-0.39, 0.29) is 49.6 Å². The Balaban J connectivity index is 0.739. The van der Waals surface area contributed by atoms with E-state index in [1.54, 1.807) is 22.1 Å². The Hall–Kier alpha value is -6.88. The number of thiazole rings is 2. The van der Waals surface area contributed by atoms with Gasteiger partial charge < -0.3 is 41.1 Å². The summed E-state index contributed by atoms with van der Waals surface area (Å²) in [6, 6.07) is 13.3. The number of nitrogens with one attached hydrogen (secondary N) is 4. The fourth-order valence-corrected chi connectivity index (χ4v) is 10.8. The number of benzene rings is 2. The third-order valence-electron chi connectivity index (χ3n) is 13.1. The lowest BCUT2D eigenvalue weighted by Gasteiger charge is -2.35. The molecule has 0 radical (unpaired) electrons. The quantitative estimate of drug-likeness (QED) is 0.0583. The van der Waals surface area contributed by atoms with Crippen molar-refractivity contribution in [2.75, 3.05) is 48.3 Å². The number of carbonyl (C=O) groups excluding carboxylic acids is 5. The summed E-state index contributed by atoms with van der Waals surface area (Å²) in [6.07, 6.45) is 4.64. The van der Waals surface area contributed by atoms with E-state index in [1.807, 2.05) is 101 Å². The molecule has 75 heavy (non-hydrogen) atoms. The van der Waals surface area contributed by atoms with E-state index < -0.39 is 29.5 Å². The van der Waals surface area contributed by atoms with Crippen LogP contribution < -0.4 is 26.2 Å². The average molecular weight is 1080 g/mol. The highest BCUT2D eigenvalue weighted by Gasteiger charge is 2.44. The van der Waals surface area contributed by atoms with Gasteiger partial charge in [0.2, 0.25) is 23.6 Å². The van der Waals surface area contributed by atoms with Gasteiger partial charge in [-0.15, -0.1) is 16.4 Å². The monoisotopic (exact) mass is 1080 g/mol. The highest BCUT2D eigenvalue weighted by Crippen LogP contribution is 2.31. The maximum absolute atomic E-state index is 14.1. The standard InChI is InChI=1S/C52H63ClN14O6S2/c1-31-10-7-12-38(53)45(31)61-49(72)40-27-55-51(75-40)59-41-25-42(58-33(3)57-41)64-20-22-65(23-21-64)44(70)14-8-11-36-28-66(63-62-36)19-9-13-43(69)60-47(52(4,5)6)50(73)67-29-37(68)24-39(67)48(71)54-26-34-15-17-35(18-16-34)46-32(2)56-30-74-46/h7,10,12,15-18,25,27-28,30,37,39,47,68H,8-9,11,13-14,19-24,26,29H2,1-6H3,(H,54,71)(H,60,69)(H,61,72)(H,55,57,58,59). The van der Waals surface area contributed by atoms with Gasteiger partial charge in [-0.25, -0.2) is 19.9 Å². The second kappa shape index (κ2) is 24.2. The first kappa shape index (κ1) is 54.4. The normalized spacial score (nSPS) is 16.2. The molecular formula is C52H63ClN14O6S2. The molecule has 6 heterocycles. The summed E-state index contributed by atoms with van der Waals surface area (Å²) in [5.41, 5.74) is 6.18. The van der Waals surface area contributed by atoms with E-state index in [2.05, 4.69) is 56.4 Å². The van der Waals surface area contributed by atoms with Crippen LogP contribution in [0.2, 0.25) is 5.02 Å². The summed E-state index contributed by atoms with van der Waals surface area (Å²) in [5, 5.41) is 32.1. The van der Waals surface area contributed by atoms with E-state index in [4.69, 9.17) is 11.6 Å². The summed E-state index contributed by atoms with van der Waals surface area (Å²) in [4.78, 5) is 92.0. The number of rotatable bonds is 19. The molecule has 5 N–H and O–H groups in total. The molecule has 5 amide bonds. The molecule has 2 fully saturated rings. The predicted octanol–water partition coefficient (Wildman–Crippen LogP) is 6.48. The third kappa shape index (κ3) is 14.1. The van der Waals surface area contributed by atoms with Crippen LogP contribution in [-0.4, -0.2) is 130 Å². The second-order valence-corrected chi connectivity index (χ2v) is 22.2. The van der Waals surface area contributed by atoms with Crippen molar-refractivity contribution in [2.45, 2.75) is 111 Å². The summed E-state index contributed by atoms with van der Waals surface area (Å²) >= 11 is 9.07. The Kier molecular flexibility index (Phi) is 17.5. The lowest BCUT2D eigenvalue weighted by atomic mass is 9.85. The minimum Gasteiger partial charge on any atom is -0.391 e. The van der Waals surface area contributed by atoms with Crippen LogP contribution in [0.5, 0.6) is 0 Å². The zero-order valence-electron chi connectivity index (χ0n) is 42.9. The van der Waals surface area contributed by atoms with Crippen molar-refractivity contribution >= 4 is 86.3 Å². The molecule has 2 saturated heterocycles. The number of nitrogens with zero attached hydrogens (tertiary/aromatic N) is 10. The SMILES string of the molecule is Cc1nc(Nc2ncc(C(=O)Nc3c(C)cccc3Cl)s2)cc(N2CCN(C(=O)CCCc3cn(CCCC(=O)NC(C(=O)N4CC(O)CC4C(=O)NCc4ccc(-c5scnc5C)cc4)C(C)(C)C)nn3)CC2)n1. The van der Waals surface area contributed by atoms with Gasteiger partial charge in [-0.2, -0.15) is 0 Å². The van der Waals surface area contributed by atoms with Gasteiger partial charge >= 0.3 is 0 Å². The first-order valence-electron chi connectivity index (χ1n) is 25.0. The zero-order chi connectivity index (χ0) is 53.4. The van der Waals surface area contributed by atoms with Crippen molar-refractivity contribution in [3.63, 3.8) is 0 Å². The van der Waals surface area contributed by atoms with Crippen LogP contribution in [0.25, 0.3) is 10.4 Å². The molecule has 6 aromatic rings. The molecule has 2 aliphatic heterocycles. The average Bonchev–Trinajstić information content (AvgIpc) is 4.22. The Morgan fingerprint density at radius 3 is 2.44 bits per heavy atom. The van der Waals surface area contributed by atoms with E-state index >= 15 is 0 Å². The molecular weight excluding hydrogens is 1020 g/mol. The predicted molar refractivity (Wildman–Crippen MR) is 289 cm³/mol. The van der Waals surface area contributed by atoms with Crippen molar-refractivity contribution in [1.29, 1.82) is 0 Å². The van der Waals surface area contributed by atoms with Gasteiger partial charge in [-0.1, -0.05) is 85.3 Å². The number of aromatic nitrogens is 7. The van der Waals surface area contributed by atoms with Gasteiger partial charge in [-0.3, -0.25) is 28.7 Å². The van der Waals surface area contributed by atoms with E-state index in [0.717, 1.165) is 38.8 Å². The van der Waals surface area contributed by atoms with Crippen molar-refractivity contribution < 1.29 is 29.1 Å². The number of anilines is 4. The smallest absolute Gasteiger partial charge is 0.267 e. The van der Waals surface area contributed by atoms with Gasteiger partial charge in [0.25, 0.3) is 5.91 Å². The Bertz CT molecular complexity index is 2980. The van der Waals surface area contributed by atoms with E-state index in [0.29, 0.717) is 90.8 Å². The molecule has 2 aromatic carbocycles. The molecule has 0 aliphatic carbocycles. The van der Waals surface area contributed by atoms with Crippen LogP contribution in [0.1, 0.15) is 90.9 Å². The number of halogens is 1. The van der Waals surface area contributed by atoms with Crippen LogP contribution in [0, 0.1) is 26.2 Å². The molecule has 396 valence electrons. The fraction of sp³-hybridized carbons (Fsp3) is 0.442. The lowest BCUT2D eigenvalue weighted by Crippen LogP contribution is -2.57. The number of amides is 5. The first-order chi connectivity index (χ1) is 35.9. The number of aryl methyl sites for hydroxylation is 5. The number of hydrogen-bond acceptors (Lipinski definition) is 16. The molecule has 0 saturated carbocycles. The Labute approximate surface area is 448 Å². The third-order valence-corrected chi connectivity index (χ3v) is 15.3. The number of aliphatic hydroxyl groups is 1. The minimum absolute atomic E-state index is 0.0113. The van der Waals surface area contributed by atoms with E-state index in [9.17, 15) is 29.1 Å². The molecule has 3 unspecified atom stereocenters. The molecule has 2 aliphatic rings. The molecule has 20 nitrogen and oxygen atoms in total. The molecule has 3 atom stereocenters. The first-order valence-corrected chi connectivity index (χ1v) is 27.1. The van der Waals surface area contributed by atoms with Gasteiger partial charge in [0.15, 0.2) is 5.13 Å². The van der Waals surface area contributed by atoms with Crippen molar-refractivity contribution in [2.24, 2.45) is 5.41 Å². The van der Waals surface area contributed by atoms with Crippen molar-refractivity contribution in [3.05, 3.63) is 105 Å². The summed E-state index contributed by atoms with van der Waals surface area (Å²) in [6.45, 7) is 14.2. The number of β-amino-alcohol motifs (C(OH)–C–C–N with tert-alkyl or cyclic N) is 1. The molecule has 0 bridgehead atoms. The Morgan fingerprint density at radius 1 is 0.947 bits per heavy atom. The summed E-state index contributed by atoms with van der Waals surface area (Å²) in [7, 11) is 0. The number of hydrogen-bond donors (Lipinski definition) is 5. The fourth-order valence-electron chi connectivity index (χ4n) is 9.03. The number of likely N-dealkylation sites (tertiary alicyclic amines) is 1. The van der Waals surface area contributed by atoms with Crippen LogP contribution in [0.15, 0.2) is 66.4 Å². The van der Waals surface area contributed by atoms with Crippen molar-refractivity contribution in [1.82, 2.24) is 55.4 Å². The van der Waals surface area contributed by atoms with Gasteiger partial charge in [-0.05, 0) is 68.2 Å². The molecule has 0 spiro atoms. The highest BCUT2D eigenvalue weighted by molar-refractivity contribution is 7.17. The van der Waals surface area contributed by atoms with Crippen LogP contribution >= 0.6 is 34.3 Å². The number of aliphatic hydroxyl groups excluding tert-OH is 1. The highest BCUT2D eigenvalue weighted by atomic mass is 35.5. The van der Waals surface area contributed by atoms with Crippen molar-refractivity contribution in [3.8, 4) is 10.4 Å². The van der Waals surface area contributed by atoms with E-state index in [1.165, 1.54) is 22.4 Å². The molecule has 4 aromatic heterocycles. The zero-order valence-corrected chi connectivity index (χ0v) is 45.3. The van der Waals surface area contributed by atoms with Gasteiger partial charge in [0.05, 0.1) is 44.8 Å². The lowest BCUT2D eigenvalue weighted by molar-refractivity contribution is -0.144.